The summed E-state index contributed by atoms with van der Waals surface area (Å²) in [7, 11) is 0. The smallest absolute Gasteiger partial charge is 0.326 e. The molecule has 2 aromatic carbocycles. The highest BCUT2D eigenvalue weighted by atomic mass is 19.1. The van der Waals surface area contributed by atoms with Crippen LogP contribution >= 0.6 is 0 Å². The van der Waals surface area contributed by atoms with Crippen LogP contribution in [-0.4, -0.2) is 37.0 Å². The maximum Gasteiger partial charge on any atom is 0.326 e. The zero-order valence-electron chi connectivity index (χ0n) is 15.2. The van der Waals surface area contributed by atoms with E-state index in [0.29, 0.717) is 0 Å². The van der Waals surface area contributed by atoms with Crippen molar-refractivity contribution in [3.63, 3.8) is 0 Å². The van der Waals surface area contributed by atoms with E-state index in [2.05, 4.69) is 15.4 Å². The minimum Gasteiger partial charge on any atom is -0.454 e. The van der Waals surface area contributed by atoms with Gasteiger partial charge >= 0.3 is 12.0 Å². The van der Waals surface area contributed by atoms with Gasteiger partial charge in [0.2, 0.25) is 5.91 Å². The summed E-state index contributed by atoms with van der Waals surface area (Å²) >= 11 is 0. The third kappa shape index (κ3) is 8.04. The Morgan fingerprint density at radius 2 is 1.66 bits per heavy atom. The van der Waals surface area contributed by atoms with Gasteiger partial charge in [-0.2, -0.15) is 0 Å². The van der Waals surface area contributed by atoms with Crippen LogP contribution in [0.1, 0.15) is 5.56 Å². The van der Waals surface area contributed by atoms with E-state index in [9.17, 15) is 23.6 Å². The quantitative estimate of drug-likeness (QED) is 0.486. The molecule has 0 aliphatic rings. The molecular formula is C20H18FN3O5. The van der Waals surface area contributed by atoms with Crippen LogP contribution in [0, 0.1) is 5.82 Å². The van der Waals surface area contributed by atoms with Crippen molar-refractivity contribution in [2.75, 3.05) is 18.5 Å². The van der Waals surface area contributed by atoms with Crippen LogP contribution in [0.4, 0.5) is 14.9 Å². The van der Waals surface area contributed by atoms with Crippen LogP contribution in [0.5, 0.6) is 0 Å². The molecule has 0 aromatic heterocycles. The Kier molecular flexibility index (Phi) is 8.06. The molecule has 0 radical (unpaired) electrons. The largest absolute Gasteiger partial charge is 0.454 e. The van der Waals surface area contributed by atoms with Gasteiger partial charge in [-0.3, -0.25) is 19.7 Å². The number of amides is 4. The van der Waals surface area contributed by atoms with Crippen LogP contribution in [-0.2, 0) is 19.1 Å². The number of imide groups is 1. The lowest BCUT2D eigenvalue weighted by atomic mass is 10.2. The van der Waals surface area contributed by atoms with Gasteiger partial charge in [-0.1, -0.05) is 42.5 Å². The number of nitrogens with one attached hydrogen (secondary N) is 3. The van der Waals surface area contributed by atoms with Gasteiger partial charge < -0.3 is 15.4 Å². The van der Waals surface area contributed by atoms with Crippen molar-refractivity contribution in [3.8, 4) is 0 Å². The molecule has 0 bridgehead atoms. The van der Waals surface area contributed by atoms with Crippen molar-refractivity contribution in [1.29, 1.82) is 0 Å². The molecule has 0 spiro atoms. The second-order valence-corrected chi connectivity index (χ2v) is 5.60. The first-order valence-corrected chi connectivity index (χ1v) is 8.46. The predicted octanol–water partition coefficient (Wildman–Crippen LogP) is 1.85. The molecular weight excluding hydrogens is 381 g/mol. The standard InChI is InChI=1S/C20H18FN3O5/c21-15-8-4-5-9-16(15)23-20(28)24-18(26)13-29-19(27)12-22-17(25)11-10-14-6-2-1-3-7-14/h1-11H,12-13H2,(H,22,25)(H2,23,24,26,28)/b11-10+. The first-order valence-electron chi connectivity index (χ1n) is 8.46. The Morgan fingerprint density at radius 1 is 0.966 bits per heavy atom. The van der Waals surface area contributed by atoms with Gasteiger partial charge in [0.15, 0.2) is 6.61 Å². The molecule has 8 nitrogen and oxygen atoms in total. The summed E-state index contributed by atoms with van der Waals surface area (Å²) < 4.78 is 18.1. The molecule has 4 amide bonds. The number of carbonyl (C=O) groups is 4. The van der Waals surface area contributed by atoms with Gasteiger partial charge in [-0.15, -0.1) is 0 Å². The summed E-state index contributed by atoms with van der Waals surface area (Å²) in [4.78, 5) is 46.4. The van der Waals surface area contributed by atoms with Crippen molar-refractivity contribution < 1.29 is 28.3 Å². The van der Waals surface area contributed by atoms with E-state index in [1.165, 1.54) is 24.3 Å². The molecule has 150 valence electrons. The van der Waals surface area contributed by atoms with Crippen LogP contribution in [0.3, 0.4) is 0 Å². The van der Waals surface area contributed by atoms with Crippen molar-refractivity contribution in [3.05, 3.63) is 72.1 Å². The van der Waals surface area contributed by atoms with Crippen LogP contribution in [0.2, 0.25) is 0 Å². The van der Waals surface area contributed by atoms with E-state index in [-0.39, 0.29) is 5.69 Å². The van der Waals surface area contributed by atoms with Gasteiger partial charge in [-0.25, -0.2) is 9.18 Å². The fourth-order valence-corrected chi connectivity index (χ4v) is 2.03. The Balaban J connectivity index is 1.65. The second kappa shape index (κ2) is 11.0. The van der Waals surface area contributed by atoms with E-state index in [1.54, 1.807) is 18.2 Å². The maximum absolute atomic E-state index is 13.4. The van der Waals surface area contributed by atoms with Crippen molar-refractivity contribution in [1.82, 2.24) is 10.6 Å². The van der Waals surface area contributed by atoms with Crippen molar-refractivity contribution in [2.24, 2.45) is 0 Å². The number of halogens is 1. The molecule has 2 rings (SSSR count). The first-order chi connectivity index (χ1) is 13.9. The van der Waals surface area contributed by atoms with Gasteiger partial charge in [0, 0.05) is 6.08 Å². The summed E-state index contributed by atoms with van der Waals surface area (Å²) in [6.07, 6.45) is 2.82. The molecule has 0 unspecified atom stereocenters. The summed E-state index contributed by atoms with van der Waals surface area (Å²) in [6, 6.07) is 13.5. The molecule has 9 heteroatoms. The van der Waals surface area contributed by atoms with Crippen LogP contribution in [0.25, 0.3) is 6.08 Å². The third-order valence-electron chi connectivity index (χ3n) is 3.37. The lowest BCUT2D eigenvalue weighted by molar-refractivity contribution is -0.147. The zero-order valence-corrected chi connectivity index (χ0v) is 15.2. The normalized spacial score (nSPS) is 10.2. The van der Waals surface area contributed by atoms with Gasteiger partial charge in [0.05, 0.1) is 5.69 Å². The summed E-state index contributed by atoms with van der Waals surface area (Å²) in [5.74, 6) is -2.96. The van der Waals surface area contributed by atoms with Crippen LogP contribution in [0.15, 0.2) is 60.7 Å². The monoisotopic (exact) mass is 399 g/mol. The summed E-state index contributed by atoms with van der Waals surface area (Å²) in [6.45, 7) is -1.19. The number of rotatable bonds is 7. The number of esters is 1. The fraction of sp³-hybridized carbons (Fsp3) is 0.100. The highest BCUT2D eigenvalue weighted by Crippen LogP contribution is 2.11. The Labute approximate surface area is 165 Å². The van der Waals surface area contributed by atoms with Gasteiger partial charge in [0.1, 0.15) is 12.4 Å². The number of urea groups is 1. The van der Waals surface area contributed by atoms with E-state index >= 15 is 0 Å². The van der Waals surface area contributed by atoms with E-state index in [0.717, 1.165) is 11.6 Å². The van der Waals surface area contributed by atoms with E-state index in [4.69, 9.17) is 0 Å². The molecule has 3 N–H and O–H groups in total. The number of hydrogen-bond acceptors (Lipinski definition) is 5. The summed E-state index contributed by atoms with van der Waals surface area (Å²) in [5.41, 5.74) is 0.705. The van der Waals surface area contributed by atoms with Crippen LogP contribution < -0.4 is 16.0 Å². The molecule has 0 heterocycles. The minimum atomic E-state index is -0.976. The molecule has 0 fully saturated rings. The molecule has 29 heavy (non-hydrogen) atoms. The SMILES string of the molecule is O=C(/C=C/c1ccccc1)NCC(=O)OCC(=O)NC(=O)Nc1ccccc1F. The molecule has 0 saturated carbocycles. The second-order valence-electron chi connectivity index (χ2n) is 5.60. The number of hydrogen-bond donors (Lipinski definition) is 3. The average Bonchev–Trinajstić information content (AvgIpc) is 2.71. The summed E-state index contributed by atoms with van der Waals surface area (Å²) in [5, 5.41) is 6.33. The molecule has 0 aliphatic carbocycles. The third-order valence-corrected chi connectivity index (χ3v) is 3.37. The lowest BCUT2D eigenvalue weighted by Gasteiger charge is -2.08. The lowest BCUT2D eigenvalue weighted by Crippen LogP contribution is -2.38. The highest BCUT2D eigenvalue weighted by molar-refractivity contribution is 6.02. The highest BCUT2D eigenvalue weighted by Gasteiger charge is 2.12. The fourth-order valence-electron chi connectivity index (χ4n) is 2.03. The molecule has 2 aromatic rings. The number of anilines is 1. The Morgan fingerprint density at radius 3 is 2.38 bits per heavy atom. The van der Waals surface area contributed by atoms with Gasteiger partial charge in [0.25, 0.3) is 5.91 Å². The molecule has 0 atom stereocenters. The maximum atomic E-state index is 13.4. The van der Waals surface area contributed by atoms with E-state index in [1.807, 2.05) is 23.5 Å². The average molecular weight is 399 g/mol. The van der Waals surface area contributed by atoms with E-state index < -0.39 is 42.8 Å². The Bertz CT molecular complexity index is 915. The number of carbonyl (C=O) groups excluding carboxylic acids is 4. The number of para-hydroxylation sites is 1. The topological polar surface area (TPSA) is 114 Å². The number of benzene rings is 2. The number of ether oxygens (including phenoxy) is 1. The van der Waals surface area contributed by atoms with Gasteiger partial charge in [-0.05, 0) is 23.8 Å². The predicted molar refractivity (Wildman–Crippen MR) is 103 cm³/mol. The van der Waals surface area contributed by atoms with Crippen molar-refractivity contribution in [2.45, 2.75) is 0 Å². The van der Waals surface area contributed by atoms with Crippen molar-refractivity contribution >= 4 is 35.6 Å². The minimum absolute atomic E-state index is 0.110. The Hall–Kier alpha value is -4.01. The zero-order chi connectivity index (χ0) is 21.1. The first kappa shape index (κ1) is 21.3. The molecule has 0 aliphatic heterocycles. The molecule has 0 saturated heterocycles.